The summed E-state index contributed by atoms with van der Waals surface area (Å²) in [6.45, 7) is 6.16. The Morgan fingerprint density at radius 3 is 2.38 bits per heavy atom. The van der Waals surface area contributed by atoms with Crippen molar-refractivity contribution < 1.29 is 9.59 Å². The Kier molecular flexibility index (Phi) is 6.50. The third-order valence-corrected chi connectivity index (χ3v) is 5.50. The number of anilines is 1. The lowest BCUT2D eigenvalue weighted by Crippen LogP contribution is -2.54. The van der Waals surface area contributed by atoms with Gasteiger partial charge in [0.1, 0.15) is 0 Å². The molecular formula is C20H30N4O2. The SMILES string of the molecule is CCC1CCCCN1CC(=O)N1CCN(C(=O)Nc2ccccc2)CC1. The van der Waals surface area contributed by atoms with Crippen molar-refractivity contribution in [2.45, 2.75) is 38.6 Å². The molecule has 1 N–H and O–H groups in total. The predicted octanol–water partition coefficient (Wildman–Crippen LogP) is 2.63. The largest absolute Gasteiger partial charge is 0.338 e. The fourth-order valence-corrected chi connectivity index (χ4v) is 3.89. The lowest BCUT2D eigenvalue weighted by molar-refractivity contribution is -0.134. The van der Waals surface area contributed by atoms with Crippen LogP contribution in [0.25, 0.3) is 0 Å². The highest BCUT2D eigenvalue weighted by molar-refractivity contribution is 5.89. The second-order valence-corrected chi connectivity index (χ2v) is 7.19. The lowest BCUT2D eigenvalue weighted by Gasteiger charge is -2.38. The highest BCUT2D eigenvalue weighted by Crippen LogP contribution is 2.19. The molecule has 0 saturated carbocycles. The zero-order chi connectivity index (χ0) is 18.4. The van der Waals surface area contributed by atoms with E-state index in [0.29, 0.717) is 38.8 Å². The molecule has 142 valence electrons. The van der Waals surface area contributed by atoms with E-state index in [4.69, 9.17) is 0 Å². The van der Waals surface area contributed by atoms with Crippen LogP contribution in [-0.4, -0.2) is 71.9 Å². The molecule has 1 aromatic rings. The first-order chi connectivity index (χ1) is 12.7. The standard InChI is InChI=1S/C20H30N4O2/c1-2-18-10-6-7-11-24(18)16-19(25)22-12-14-23(15-13-22)20(26)21-17-8-4-3-5-9-17/h3-5,8-9,18H,2,6-7,10-16H2,1H3,(H,21,26). The predicted molar refractivity (Wildman–Crippen MR) is 103 cm³/mol. The molecular weight excluding hydrogens is 328 g/mol. The van der Waals surface area contributed by atoms with Gasteiger partial charge in [-0.1, -0.05) is 31.5 Å². The van der Waals surface area contributed by atoms with Gasteiger partial charge < -0.3 is 15.1 Å². The molecule has 2 fully saturated rings. The van der Waals surface area contributed by atoms with Crippen LogP contribution in [0.15, 0.2) is 30.3 Å². The molecule has 2 aliphatic heterocycles. The maximum Gasteiger partial charge on any atom is 0.321 e. The van der Waals surface area contributed by atoms with Gasteiger partial charge in [0.15, 0.2) is 0 Å². The molecule has 2 heterocycles. The van der Waals surface area contributed by atoms with Gasteiger partial charge in [0.2, 0.25) is 5.91 Å². The Bertz CT molecular complexity index is 599. The van der Waals surface area contributed by atoms with Gasteiger partial charge in [-0.3, -0.25) is 9.69 Å². The van der Waals surface area contributed by atoms with Gasteiger partial charge >= 0.3 is 6.03 Å². The zero-order valence-electron chi connectivity index (χ0n) is 15.7. The summed E-state index contributed by atoms with van der Waals surface area (Å²) in [5.74, 6) is 0.202. The Morgan fingerprint density at radius 1 is 1.00 bits per heavy atom. The highest BCUT2D eigenvalue weighted by atomic mass is 16.2. The van der Waals surface area contributed by atoms with E-state index in [-0.39, 0.29) is 11.9 Å². The average molecular weight is 358 g/mol. The van der Waals surface area contributed by atoms with Crippen molar-refractivity contribution in [2.24, 2.45) is 0 Å². The van der Waals surface area contributed by atoms with Gasteiger partial charge in [-0.2, -0.15) is 0 Å². The number of benzene rings is 1. The average Bonchev–Trinajstić information content (AvgIpc) is 2.69. The monoisotopic (exact) mass is 358 g/mol. The van der Waals surface area contributed by atoms with Crippen molar-refractivity contribution >= 4 is 17.6 Å². The first-order valence-electron chi connectivity index (χ1n) is 9.80. The molecule has 0 aliphatic carbocycles. The van der Waals surface area contributed by atoms with E-state index < -0.39 is 0 Å². The first kappa shape index (κ1) is 18.7. The first-order valence-corrected chi connectivity index (χ1v) is 9.80. The molecule has 3 rings (SSSR count). The molecule has 1 aromatic carbocycles. The van der Waals surface area contributed by atoms with Gasteiger partial charge in [0, 0.05) is 37.9 Å². The molecule has 0 aromatic heterocycles. The number of piperidine rings is 1. The third kappa shape index (κ3) is 4.75. The summed E-state index contributed by atoms with van der Waals surface area (Å²) in [4.78, 5) is 31.0. The normalized spacial score (nSPS) is 21.5. The molecule has 2 saturated heterocycles. The Hall–Kier alpha value is -2.08. The number of piperazine rings is 1. The van der Waals surface area contributed by atoms with Gasteiger partial charge in [-0.15, -0.1) is 0 Å². The van der Waals surface area contributed by atoms with Crippen LogP contribution in [0.1, 0.15) is 32.6 Å². The number of nitrogens with one attached hydrogen (secondary N) is 1. The molecule has 1 atom stereocenters. The number of carbonyl (C=O) groups excluding carboxylic acids is 2. The number of hydrogen-bond donors (Lipinski definition) is 1. The minimum Gasteiger partial charge on any atom is -0.338 e. The minimum absolute atomic E-state index is 0.0922. The van der Waals surface area contributed by atoms with Gasteiger partial charge in [-0.05, 0) is 37.9 Å². The summed E-state index contributed by atoms with van der Waals surface area (Å²) in [5, 5.41) is 2.91. The van der Waals surface area contributed by atoms with Crippen LogP contribution in [0.4, 0.5) is 10.5 Å². The van der Waals surface area contributed by atoms with Gasteiger partial charge in [0.25, 0.3) is 0 Å². The van der Waals surface area contributed by atoms with Crippen LogP contribution < -0.4 is 5.32 Å². The van der Waals surface area contributed by atoms with Crippen molar-refractivity contribution in [3.63, 3.8) is 0 Å². The molecule has 0 radical (unpaired) electrons. The fourth-order valence-electron chi connectivity index (χ4n) is 3.89. The Balaban J connectivity index is 1.45. The molecule has 0 spiro atoms. The number of hydrogen-bond acceptors (Lipinski definition) is 3. The van der Waals surface area contributed by atoms with Crippen molar-refractivity contribution in [3.8, 4) is 0 Å². The number of urea groups is 1. The van der Waals surface area contributed by atoms with E-state index in [0.717, 1.165) is 18.7 Å². The van der Waals surface area contributed by atoms with Gasteiger partial charge in [-0.25, -0.2) is 4.79 Å². The number of para-hydroxylation sites is 1. The Labute approximate surface area is 156 Å². The highest BCUT2D eigenvalue weighted by Gasteiger charge is 2.28. The van der Waals surface area contributed by atoms with Gasteiger partial charge in [0.05, 0.1) is 6.54 Å². The van der Waals surface area contributed by atoms with Crippen LogP contribution in [0, 0.1) is 0 Å². The quantitative estimate of drug-likeness (QED) is 0.900. The van der Waals surface area contributed by atoms with Crippen molar-refractivity contribution in [1.29, 1.82) is 0 Å². The van der Waals surface area contributed by atoms with Crippen molar-refractivity contribution in [3.05, 3.63) is 30.3 Å². The second kappa shape index (κ2) is 9.03. The Morgan fingerprint density at radius 2 is 1.69 bits per heavy atom. The maximum atomic E-state index is 12.7. The van der Waals surface area contributed by atoms with E-state index in [9.17, 15) is 9.59 Å². The van der Waals surface area contributed by atoms with E-state index in [1.54, 1.807) is 4.90 Å². The summed E-state index contributed by atoms with van der Waals surface area (Å²) >= 11 is 0. The second-order valence-electron chi connectivity index (χ2n) is 7.19. The van der Waals surface area contributed by atoms with Crippen molar-refractivity contribution in [1.82, 2.24) is 14.7 Å². The number of carbonyl (C=O) groups is 2. The van der Waals surface area contributed by atoms with Crippen LogP contribution in [0.5, 0.6) is 0 Å². The summed E-state index contributed by atoms with van der Waals surface area (Å²) in [6.07, 6.45) is 4.79. The van der Waals surface area contributed by atoms with E-state index in [1.807, 2.05) is 35.2 Å². The van der Waals surface area contributed by atoms with Crippen LogP contribution in [0.2, 0.25) is 0 Å². The number of nitrogens with zero attached hydrogens (tertiary/aromatic N) is 3. The number of amides is 3. The lowest BCUT2D eigenvalue weighted by atomic mass is 10.00. The molecule has 6 heteroatoms. The number of rotatable bonds is 4. The minimum atomic E-state index is -0.0922. The van der Waals surface area contributed by atoms with Crippen LogP contribution in [-0.2, 0) is 4.79 Å². The number of likely N-dealkylation sites (tertiary alicyclic amines) is 1. The summed E-state index contributed by atoms with van der Waals surface area (Å²) in [7, 11) is 0. The smallest absolute Gasteiger partial charge is 0.321 e. The molecule has 26 heavy (non-hydrogen) atoms. The van der Waals surface area contributed by atoms with Crippen LogP contribution >= 0.6 is 0 Å². The molecule has 2 aliphatic rings. The fraction of sp³-hybridized carbons (Fsp3) is 0.600. The molecule has 0 bridgehead atoms. The molecule has 3 amide bonds. The summed E-state index contributed by atoms with van der Waals surface area (Å²) in [6, 6.07) is 9.93. The third-order valence-electron chi connectivity index (χ3n) is 5.50. The topological polar surface area (TPSA) is 55.9 Å². The van der Waals surface area contributed by atoms with E-state index >= 15 is 0 Å². The van der Waals surface area contributed by atoms with E-state index in [2.05, 4.69) is 17.1 Å². The zero-order valence-corrected chi connectivity index (χ0v) is 15.7. The maximum absolute atomic E-state index is 12.7. The van der Waals surface area contributed by atoms with Crippen LogP contribution in [0.3, 0.4) is 0 Å². The summed E-state index contributed by atoms with van der Waals surface area (Å²) < 4.78 is 0. The molecule has 6 nitrogen and oxygen atoms in total. The van der Waals surface area contributed by atoms with E-state index in [1.165, 1.54) is 19.3 Å². The molecule has 1 unspecified atom stereocenters. The van der Waals surface area contributed by atoms with Crippen molar-refractivity contribution in [2.75, 3.05) is 44.6 Å². The summed E-state index contributed by atoms with van der Waals surface area (Å²) in [5.41, 5.74) is 0.798.